The number of carbonyl (C=O) groups is 2. The lowest BCUT2D eigenvalue weighted by Gasteiger charge is -2.32. The molecule has 0 spiro atoms. The van der Waals surface area contributed by atoms with Gasteiger partial charge in [-0.1, -0.05) is 129 Å². The van der Waals surface area contributed by atoms with E-state index >= 15 is 0 Å². The summed E-state index contributed by atoms with van der Waals surface area (Å²) < 4.78 is 14.1. The van der Waals surface area contributed by atoms with E-state index in [0.717, 1.165) is 36.7 Å². The number of benzene rings is 5. The van der Waals surface area contributed by atoms with Crippen molar-refractivity contribution in [2.75, 3.05) is 0 Å². The predicted molar refractivity (Wildman–Crippen MR) is 216 cm³/mol. The molecular weight excluding hydrogens is 781 g/mol. The van der Waals surface area contributed by atoms with Gasteiger partial charge in [0.1, 0.15) is 11.6 Å². The van der Waals surface area contributed by atoms with Crippen LogP contribution >= 0.6 is 31.9 Å². The van der Waals surface area contributed by atoms with Crippen molar-refractivity contribution in [3.63, 3.8) is 0 Å². The summed E-state index contributed by atoms with van der Waals surface area (Å²) in [5.74, 6) is 0.466. The molecule has 0 bridgehead atoms. The molecule has 266 valence electrons. The van der Waals surface area contributed by atoms with Gasteiger partial charge in [-0.05, 0) is 91.8 Å². The number of nitrogens with zero attached hydrogens (tertiary/aromatic N) is 1. The molecular formula is C43H42BBr2NO5. The Balaban J connectivity index is 0.000000193. The molecule has 1 heterocycles. The zero-order chi connectivity index (χ0) is 37.6. The number of Topliss-reactive ketones (excluding diaryl/α,β-unsaturated/α-hetero) is 2. The summed E-state index contributed by atoms with van der Waals surface area (Å²) >= 11 is 6.64. The lowest BCUT2D eigenvalue weighted by Crippen LogP contribution is -2.41. The summed E-state index contributed by atoms with van der Waals surface area (Å²) in [5, 5.41) is 0. The topological polar surface area (TPSA) is 82.0 Å². The number of aliphatic imine (C=N–C) groups is 1. The van der Waals surface area contributed by atoms with E-state index in [2.05, 4.69) is 36.9 Å². The third-order valence-electron chi connectivity index (χ3n) is 8.71. The molecule has 0 atom stereocenters. The molecule has 0 N–H and O–H groups in total. The molecule has 1 aliphatic heterocycles. The van der Waals surface area contributed by atoms with Crippen LogP contribution in [0.4, 0.5) is 5.69 Å². The van der Waals surface area contributed by atoms with Crippen molar-refractivity contribution in [2.24, 2.45) is 4.99 Å². The van der Waals surface area contributed by atoms with Gasteiger partial charge in [0.2, 0.25) is 6.08 Å². The van der Waals surface area contributed by atoms with Crippen LogP contribution in [0.15, 0.2) is 147 Å². The van der Waals surface area contributed by atoms with Gasteiger partial charge in [0, 0.05) is 34.6 Å². The number of ketones is 2. The van der Waals surface area contributed by atoms with Crippen molar-refractivity contribution >= 4 is 67.8 Å². The largest absolute Gasteiger partial charge is 0.494 e. The monoisotopic (exact) mass is 821 g/mol. The zero-order valence-electron chi connectivity index (χ0n) is 29.9. The highest BCUT2D eigenvalue weighted by molar-refractivity contribution is 9.10. The van der Waals surface area contributed by atoms with Crippen LogP contribution in [0, 0.1) is 0 Å². The van der Waals surface area contributed by atoms with Gasteiger partial charge in [0.05, 0.1) is 16.9 Å². The highest BCUT2D eigenvalue weighted by Gasteiger charge is 2.51. The minimum absolute atomic E-state index is 0.217. The molecule has 52 heavy (non-hydrogen) atoms. The van der Waals surface area contributed by atoms with E-state index < -0.39 is 0 Å². The summed E-state index contributed by atoms with van der Waals surface area (Å²) in [5.41, 5.74) is 5.13. The minimum atomic E-state index is -0.362. The van der Waals surface area contributed by atoms with E-state index in [1.165, 1.54) is 6.08 Å². The van der Waals surface area contributed by atoms with Gasteiger partial charge in [-0.15, -0.1) is 0 Å². The summed E-state index contributed by atoms with van der Waals surface area (Å²) in [4.78, 5) is 37.3. The lowest BCUT2D eigenvalue weighted by atomic mass is 9.78. The maximum atomic E-state index is 12.2. The van der Waals surface area contributed by atoms with Crippen molar-refractivity contribution in [3.8, 4) is 0 Å². The van der Waals surface area contributed by atoms with Crippen LogP contribution in [0.1, 0.15) is 49.9 Å². The standard InChI is InChI=1S/C21H25BO3.C15H13BrO.C7H4BrNO/c1-20(2)21(3,4)25-22(24-20)18-12-10-17(11-13-18)15-19(23)14-16-8-6-5-7-9-16;16-14-8-6-13(7-9-14)11-15(17)10-12-4-2-1-3-5-12;8-6-1-3-7(4-2-6)9-5-10/h5-13H,14-15H2,1-4H3;1-9H,10-11H2;1-4H. The Morgan fingerprint density at radius 2 is 0.904 bits per heavy atom. The highest BCUT2D eigenvalue weighted by Crippen LogP contribution is 2.36. The summed E-state index contributed by atoms with van der Waals surface area (Å²) in [6.07, 6.45) is 3.39. The second-order valence-corrected chi connectivity index (χ2v) is 15.2. The molecule has 9 heteroatoms. The fourth-order valence-electron chi connectivity index (χ4n) is 5.17. The first-order chi connectivity index (χ1) is 24.8. The zero-order valence-corrected chi connectivity index (χ0v) is 33.0. The molecule has 0 unspecified atom stereocenters. The maximum absolute atomic E-state index is 12.2. The van der Waals surface area contributed by atoms with E-state index in [4.69, 9.17) is 9.31 Å². The van der Waals surface area contributed by atoms with E-state index in [9.17, 15) is 14.4 Å². The Morgan fingerprint density at radius 1 is 0.558 bits per heavy atom. The van der Waals surface area contributed by atoms with Crippen molar-refractivity contribution in [1.29, 1.82) is 0 Å². The van der Waals surface area contributed by atoms with Crippen LogP contribution in [0.5, 0.6) is 0 Å². The van der Waals surface area contributed by atoms with Crippen molar-refractivity contribution < 1.29 is 23.7 Å². The Bertz CT molecular complexity index is 1910. The van der Waals surface area contributed by atoms with Gasteiger partial charge < -0.3 is 9.31 Å². The molecule has 5 aromatic rings. The van der Waals surface area contributed by atoms with Crippen LogP contribution in [-0.2, 0) is 49.4 Å². The Morgan fingerprint density at radius 3 is 1.29 bits per heavy atom. The molecule has 0 radical (unpaired) electrons. The molecule has 1 aliphatic rings. The van der Waals surface area contributed by atoms with Gasteiger partial charge in [0.15, 0.2) is 0 Å². The molecule has 6 nitrogen and oxygen atoms in total. The van der Waals surface area contributed by atoms with E-state index in [-0.39, 0.29) is 29.9 Å². The second-order valence-electron chi connectivity index (χ2n) is 13.4. The molecule has 0 aromatic heterocycles. The third-order valence-corrected chi connectivity index (χ3v) is 9.77. The average molecular weight is 823 g/mol. The van der Waals surface area contributed by atoms with Gasteiger partial charge in [-0.2, -0.15) is 4.99 Å². The van der Waals surface area contributed by atoms with E-state index in [1.54, 1.807) is 12.1 Å². The smallest absolute Gasteiger partial charge is 0.399 e. The van der Waals surface area contributed by atoms with Crippen molar-refractivity contribution in [2.45, 2.75) is 64.6 Å². The fourth-order valence-corrected chi connectivity index (χ4v) is 5.70. The number of halogens is 2. The third kappa shape index (κ3) is 13.1. The van der Waals surface area contributed by atoms with Crippen molar-refractivity contribution in [3.05, 3.63) is 165 Å². The summed E-state index contributed by atoms with van der Waals surface area (Å²) in [6.45, 7) is 8.18. The van der Waals surface area contributed by atoms with Gasteiger partial charge in [0.25, 0.3) is 0 Å². The number of carbonyl (C=O) groups excluding carboxylic acids is 3. The normalized spacial score (nSPS) is 13.8. The fraction of sp³-hybridized carbons (Fsp3) is 0.233. The molecule has 0 aliphatic carbocycles. The van der Waals surface area contributed by atoms with Crippen LogP contribution < -0.4 is 5.46 Å². The molecule has 5 aromatic carbocycles. The molecule has 0 amide bonds. The number of hydrogen-bond donors (Lipinski definition) is 0. The van der Waals surface area contributed by atoms with Crippen LogP contribution in [-0.4, -0.2) is 36.0 Å². The van der Waals surface area contributed by atoms with Gasteiger partial charge in [-0.3, -0.25) is 9.59 Å². The van der Waals surface area contributed by atoms with Crippen LogP contribution in [0.3, 0.4) is 0 Å². The quantitative estimate of drug-likeness (QED) is 0.0797. The molecule has 1 saturated heterocycles. The molecule has 0 saturated carbocycles. The first-order valence-corrected chi connectivity index (χ1v) is 18.6. The van der Waals surface area contributed by atoms with Crippen LogP contribution in [0.2, 0.25) is 0 Å². The highest BCUT2D eigenvalue weighted by atomic mass is 79.9. The first kappa shape index (κ1) is 40.5. The lowest BCUT2D eigenvalue weighted by molar-refractivity contribution is -0.118. The molecule has 1 fully saturated rings. The van der Waals surface area contributed by atoms with Gasteiger partial charge >= 0.3 is 7.12 Å². The SMILES string of the molecule is CC1(C)OB(c2ccc(CC(=O)Cc3ccccc3)cc2)OC1(C)C.O=C(Cc1ccccc1)Cc1ccc(Br)cc1.O=C=Nc1ccc(Br)cc1. The number of hydrogen-bond acceptors (Lipinski definition) is 6. The second kappa shape index (κ2) is 19.6. The van der Waals surface area contributed by atoms with E-state index in [0.29, 0.717) is 31.4 Å². The summed E-state index contributed by atoms with van der Waals surface area (Å²) in [6, 6.07) is 42.6. The van der Waals surface area contributed by atoms with Crippen LogP contribution in [0.25, 0.3) is 0 Å². The first-order valence-electron chi connectivity index (χ1n) is 17.0. The average Bonchev–Trinajstić information content (AvgIpc) is 3.34. The van der Waals surface area contributed by atoms with Gasteiger partial charge in [-0.25, -0.2) is 4.79 Å². The number of rotatable bonds is 10. The Kier molecular flexibility index (Phi) is 15.2. The predicted octanol–water partition coefficient (Wildman–Crippen LogP) is 9.56. The maximum Gasteiger partial charge on any atom is 0.494 e. The summed E-state index contributed by atoms with van der Waals surface area (Å²) in [7, 11) is -0.362. The van der Waals surface area contributed by atoms with Crippen molar-refractivity contribution in [1.82, 2.24) is 0 Å². The Hall–Kier alpha value is -4.24. The number of isocyanates is 1. The Labute approximate surface area is 324 Å². The minimum Gasteiger partial charge on any atom is -0.399 e. The molecule has 6 rings (SSSR count). The van der Waals surface area contributed by atoms with E-state index in [1.807, 2.05) is 149 Å².